The fourth-order valence-corrected chi connectivity index (χ4v) is 2.91. The van der Waals surface area contributed by atoms with Gasteiger partial charge in [-0.05, 0) is 60.9 Å². The van der Waals surface area contributed by atoms with Crippen LogP contribution in [-0.4, -0.2) is 21.2 Å². The molecule has 0 bridgehead atoms. The first kappa shape index (κ1) is 16.0. The number of nitrogen functional groups attached to an aromatic ring is 1. The molecular formula is C21H19N5. The van der Waals surface area contributed by atoms with Gasteiger partial charge in [0.05, 0.1) is 22.4 Å². The molecule has 26 heavy (non-hydrogen) atoms. The van der Waals surface area contributed by atoms with Crippen molar-refractivity contribution in [1.29, 1.82) is 0 Å². The predicted octanol–water partition coefficient (Wildman–Crippen LogP) is 4.90. The number of aliphatic imine (C=N–C) groups is 1. The number of rotatable bonds is 3. The highest BCUT2D eigenvalue weighted by Crippen LogP contribution is 2.30. The number of anilines is 1. The zero-order valence-corrected chi connectivity index (χ0v) is 14.7. The molecule has 0 spiro atoms. The van der Waals surface area contributed by atoms with Crippen molar-refractivity contribution in [1.82, 2.24) is 15.0 Å². The number of H-pyrrole nitrogens is 1. The largest absolute Gasteiger partial charge is 0.397 e. The topological polar surface area (TPSA) is 80.0 Å². The van der Waals surface area contributed by atoms with Crippen molar-refractivity contribution >= 4 is 28.6 Å². The maximum atomic E-state index is 6.11. The van der Waals surface area contributed by atoms with Crippen molar-refractivity contribution in [2.45, 2.75) is 13.8 Å². The molecule has 0 aliphatic rings. The van der Waals surface area contributed by atoms with Gasteiger partial charge in [-0.2, -0.15) is 0 Å². The molecule has 5 nitrogen and oxygen atoms in total. The summed E-state index contributed by atoms with van der Waals surface area (Å²) >= 11 is 0. The summed E-state index contributed by atoms with van der Waals surface area (Å²) in [6.07, 6.45) is 3.58. The Morgan fingerprint density at radius 3 is 2.58 bits per heavy atom. The van der Waals surface area contributed by atoms with E-state index in [9.17, 15) is 0 Å². The molecule has 0 aliphatic carbocycles. The first-order chi connectivity index (χ1) is 12.6. The van der Waals surface area contributed by atoms with Crippen LogP contribution in [-0.2, 0) is 0 Å². The van der Waals surface area contributed by atoms with Crippen LogP contribution in [0.3, 0.4) is 0 Å². The van der Waals surface area contributed by atoms with E-state index in [0.717, 1.165) is 44.9 Å². The molecule has 2 aromatic carbocycles. The molecule has 0 unspecified atom stereocenters. The Labute approximate surface area is 151 Å². The Kier molecular flexibility index (Phi) is 3.97. The minimum Gasteiger partial charge on any atom is -0.397 e. The second-order valence-electron chi connectivity index (χ2n) is 6.20. The van der Waals surface area contributed by atoms with Gasteiger partial charge in [0.15, 0.2) is 5.82 Å². The molecule has 4 rings (SSSR count). The van der Waals surface area contributed by atoms with Crippen LogP contribution in [0.2, 0.25) is 0 Å². The number of hydrogen-bond donors (Lipinski definition) is 2. The Hall–Kier alpha value is -3.47. The summed E-state index contributed by atoms with van der Waals surface area (Å²) in [5.74, 6) is 0.768. The molecule has 0 saturated heterocycles. The van der Waals surface area contributed by atoms with Crippen LogP contribution in [0.4, 0.5) is 11.4 Å². The van der Waals surface area contributed by atoms with Crippen molar-refractivity contribution in [2.75, 3.05) is 5.73 Å². The molecule has 0 amide bonds. The summed E-state index contributed by atoms with van der Waals surface area (Å²) in [4.78, 5) is 16.7. The van der Waals surface area contributed by atoms with Gasteiger partial charge >= 0.3 is 0 Å². The SMILES string of the molecule is CC=Nc1ccc(-c2ccc3nc(-c4ccc(C)cn4)[nH]c3c2)cc1N. The number of hydrogen-bond acceptors (Lipinski definition) is 4. The summed E-state index contributed by atoms with van der Waals surface area (Å²) in [5.41, 5.74) is 13.5. The number of fused-ring (bicyclic) bond motifs is 1. The standard InChI is InChI=1S/C21H19N5/c1-3-23-17-8-5-14(10-16(17)22)15-6-9-18-20(11-15)26-21(25-18)19-7-4-13(2)12-24-19/h3-12H,22H2,1-2H3,(H,25,26). The Bertz CT molecular complexity index is 1110. The highest BCUT2D eigenvalue weighted by molar-refractivity contribution is 5.85. The average Bonchev–Trinajstić information content (AvgIpc) is 3.07. The smallest absolute Gasteiger partial charge is 0.157 e. The van der Waals surface area contributed by atoms with E-state index in [1.54, 1.807) is 6.21 Å². The van der Waals surface area contributed by atoms with Gasteiger partial charge in [-0.15, -0.1) is 0 Å². The number of aromatic amines is 1. The fourth-order valence-electron chi connectivity index (χ4n) is 2.91. The average molecular weight is 341 g/mol. The molecule has 2 heterocycles. The predicted molar refractivity (Wildman–Crippen MR) is 108 cm³/mol. The lowest BCUT2D eigenvalue weighted by atomic mass is 10.0. The van der Waals surface area contributed by atoms with E-state index in [4.69, 9.17) is 5.73 Å². The number of pyridine rings is 1. The van der Waals surface area contributed by atoms with E-state index in [1.807, 2.05) is 62.5 Å². The number of aryl methyl sites for hydroxylation is 1. The second-order valence-corrected chi connectivity index (χ2v) is 6.20. The van der Waals surface area contributed by atoms with Crippen molar-refractivity contribution in [2.24, 2.45) is 4.99 Å². The number of aromatic nitrogens is 3. The molecule has 4 aromatic rings. The molecule has 0 saturated carbocycles. The van der Waals surface area contributed by atoms with Gasteiger partial charge in [0.25, 0.3) is 0 Å². The number of imidazole rings is 1. The summed E-state index contributed by atoms with van der Waals surface area (Å²) in [7, 11) is 0. The molecule has 0 aliphatic heterocycles. The Morgan fingerprint density at radius 2 is 1.85 bits per heavy atom. The van der Waals surface area contributed by atoms with E-state index >= 15 is 0 Å². The lowest BCUT2D eigenvalue weighted by molar-refractivity contribution is 1.21. The first-order valence-electron chi connectivity index (χ1n) is 8.45. The molecule has 0 radical (unpaired) electrons. The van der Waals surface area contributed by atoms with Crippen LogP contribution < -0.4 is 5.73 Å². The van der Waals surface area contributed by atoms with E-state index in [2.05, 4.69) is 26.0 Å². The summed E-state index contributed by atoms with van der Waals surface area (Å²) in [6, 6.07) is 16.0. The van der Waals surface area contributed by atoms with Gasteiger partial charge in [0.2, 0.25) is 0 Å². The highest BCUT2D eigenvalue weighted by Gasteiger charge is 2.08. The number of nitrogens with two attached hydrogens (primary N) is 1. The number of nitrogens with one attached hydrogen (secondary N) is 1. The highest BCUT2D eigenvalue weighted by atomic mass is 14.9. The Morgan fingerprint density at radius 1 is 1.04 bits per heavy atom. The maximum absolute atomic E-state index is 6.11. The summed E-state index contributed by atoms with van der Waals surface area (Å²) < 4.78 is 0. The van der Waals surface area contributed by atoms with Gasteiger partial charge in [0, 0.05) is 12.4 Å². The number of nitrogens with zero attached hydrogens (tertiary/aromatic N) is 3. The molecule has 0 fully saturated rings. The molecule has 3 N–H and O–H groups in total. The van der Waals surface area contributed by atoms with Crippen molar-refractivity contribution in [3.63, 3.8) is 0 Å². The van der Waals surface area contributed by atoms with Crippen molar-refractivity contribution < 1.29 is 0 Å². The monoisotopic (exact) mass is 341 g/mol. The van der Waals surface area contributed by atoms with Crippen LogP contribution in [0.15, 0.2) is 59.7 Å². The van der Waals surface area contributed by atoms with Gasteiger partial charge < -0.3 is 10.7 Å². The minimum atomic E-state index is 0.662. The lowest BCUT2D eigenvalue weighted by Crippen LogP contribution is -1.87. The van der Waals surface area contributed by atoms with Crippen LogP contribution in [0.1, 0.15) is 12.5 Å². The van der Waals surface area contributed by atoms with Crippen molar-refractivity contribution in [3.8, 4) is 22.6 Å². The third kappa shape index (κ3) is 2.95. The second kappa shape index (κ2) is 6.44. The molecular weight excluding hydrogens is 322 g/mol. The molecule has 0 atom stereocenters. The van der Waals surface area contributed by atoms with Gasteiger partial charge in [-0.25, -0.2) is 4.98 Å². The summed E-state index contributed by atoms with van der Waals surface area (Å²) in [5, 5.41) is 0. The zero-order chi connectivity index (χ0) is 18.1. The molecule has 128 valence electrons. The van der Waals surface area contributed by atoms with Gasteiger partial charge in [0.1, 0.15) is 5.69 Å². The van der Waals surface area contributed by atoms with Crippen LogP contribution in [0.25, 0.3) is 33.7 Å². The van der Waals surface area contributed by atoms with Crippen molar-refractivity contribution in [3.05, 3.63) is 60.3 Å². The molecule has 2 aromatic heterocycles. The third-order valence-corrected chi connectivity index (χ3v) is 4.26. The van der Waals surface area contributed by atoms with Crippen LogP contribution in [0, 0.1) is 6.92 Å². The lowest BCUT2D eigenvalue weighted by Gasteiger charge is -2.05. The number of benzene rings is 2. The van der Waals surface area contributed by atoms with Crippen LogP contribution >= 0.6 is 0 Å². The normalized spacial score (nSPS) is 11.5. The molecule has 5 heteroatoms. The van der Waals surface area contributed by atoms with E-state index in [-0.39, 0.29) is 0 Å². The van der Waals surface area contributed by atoms with E-state index < -0.39 is 0 Å². The van der Waals surface area contributed by atoms with E-state index in [0.29, 0.717) is 5.69 Å². The first-order valence-corrected chi connectivity index (χ1v) is 8.45. The van der Waals surface area contributed by atoms with Gasteiger partial charge in [-0.1, -0.05) is 18.2 Å². The minimum absolute atomic E-state index is 0.662. The maximum Gasteiger partial charge on any atom is 0.157 e. The van der Waals surface area contributed by atoms with Crippen LogP contribution in [0.5, 0.6) is 0 Å². The fraction of sp³-hybridized carbons (Fsp3) is 0.0952. The summed E-state index contributed by atoms with van der Waals surface area (Å²) in [6.45, 7) is 3.89. The Balaban J connectivity index is 1.74. The van der Waals surface area contributed by atoms with E-state index in [1.165, 1.54) is 0 Å². The van der Waals surface area contributed by atoms with Gasteiger partial charge in [-0.3, -0.25) is 9.98 Å². The third-order valence-electron chi connectivity index (χ3n) is 4.26. The zero-order valence-electron chi connectivity index (χ0n) is 14.7. The quantitative estimate of drug-likeness (QED) is 0.410.